The maximum absolute atomic E-state index is 13.2. The largest absolute Gasteiger partial charge is 0.508 e. The summed E-state index contributed by atoms with van der Waals surface area (Å²) in [5, 5.41) is 19.6. The normalized spacial score (nSPS) is 14.0. The van der Waals surface area contributed by atoms with Crippen LogP contribution in [-0.2, 0) is 36.8 Å². The molecule has 12 nitrogen and oxygen atoms in total. The number of carbonyl (C=O) groups excluding carboxylic acids is 5. The van der Waals surface area contributed by atoms with Crippen LogP contribution in [0.5, 0.6) is 5.75 Å². The number of amides is 5. The van der Waals surface area contributed by atoms with Gasteiger partial charge in [-0.3, -0.25) is 24.0 Å². The van der Waals surface area contributed by atoms with E-state index in [-0.39, 0.29) is 31.0 Å². The zero-order valence-corrected chi connectivity index (χ0v) is 26.1. The topological polar surface area (TPSA) is 206 Å². The van der Waals surface area contributed by atoms with Crippen molar-refractivity contribution in [3.8, 4) is 5.75 Å². The first kappa shape index (κ1) is 37.2. The summed E-state index contributed by atoms with van der Waals surface area (Å²) >= 11 is 1.50. The number of halogens is 1. The molecule has 2 aromatic carbocycles. The molecule has 0 heterocycles. The van der Waals surface area contributed by atoms with Crippen molar-refractivity contribution in [1.29, 1.82) is 0 Å². The molecule has 236 valence electrons. The van der Waals surface area contributed by atoms with Gasteiger partial charge in [0, 0.05) is 6.42 Å². The van der Waals surface area contributed by atoms with E-state index in [1.54, 1.807) is 36.4 Å². The third-order valence-electron chi connectivity index (χ3n) is 6.59. The van der Waals surface area contributed by atoms with E-state index in [0.717, 1.165) is 11.1 Å². The number of benzene rings is 2. The molecule has 14 heteroatoms. The molecule has 43 heavy (non-hydrogen) atoms. The zero-order valence-electron chi connectivity index (χ0n) is 24.4. The standard InChI is InChI=1S/C29H40N6O6S.ClH/c1-18(33-26(39)22(30)15-20-9-11-21(36)12-10-20)25(38)32-17-24(37)34-23(16-19-7-5-4-6-8-19)27(40)35-29(2,28(31)41)13-14-42-3;/h4-12,18,22-23,36H,13-17,30H2,1-3H3,(H2,31,41)(H,32,38)(H,33,39)(H,34,37)(H,35,40);1H/t18-,22+,23+,29+;/m1./s1. The fourth-order valence-electron chi connectivity index (χ4n) is 3.90. The molecule has 9 N–H and O–H groups in total. The average molecular weight is 637 g/mol. The van der Waals surface area contributed by atoms with E-state index in [1.165, 1.54) is 37.7 Å². The van der Waals surface area contributed by atoms with Gasteiger partial charge < -0.3 is 37.8 Å². The van der Waals surface area contributed by atoms with Crippen molar-refractivity contribution in [3.63, 3.8) is 0 Å². The Bertz CT molecular complexity index is 1240. The van der Waals surface area contributed by atoms with Gasteiger partial charge in [-0.2, -0.15) is 11.8 Å². The molecule has 0 saturated heterocycles. The number of thioether (sulfide) groups is 1. The molecule has 0 saturated carbocycles. The second kappa shape index (κ2) is 18.0. The van der Waals surface area contributed by atoms with Crippen molar-refractivity contribution in [2.75, 3.05) is 18.6 Å². The van der Waals surface area contributed by atoms with Crippen LogP contribution in [0.15, 0.2) is 54.6 Å². The highest BCUT2D eigenvalue weighted by molar-refractivity contribution is 7.98. The highest BCUT2D eigenvalue weighted by Crippen LogP contribution is 2.14. The molecule has 0 radical (unpaired) electrons. The molecule has 0 spiro atoms. The Balaban J connectivity index is 0.00000924. The third-order valence-corrected chi connectivity index (χ3v) is 7.20. The smallest absolute Gasteiger partial charge is 0.243 e. The van der Waals surface area contributed by atoms with Crippen molar-refractivity contribution < 1.29 is 29.1 Å². The van der Waals surface area contributed by atoms with Gasteiger partial charge in [0.05, 0.1) is 12.6 Å². The summed E-state index contributed by atoms with van der Waals surface area (Å²) in [6.07, 6.45) is 2.50. The Kier molecular flexibility index (Phi) is 15.6. The quantitative estimate of drug-likeness (QED) is 0.135. The van der Waals surface area contributed by atoms with Gasteiger partial charge in [-0.1, -0.05) is 42.5 Å². The number of rotatable bonds is 16. The van der Waals surface area contributed by atoms with Crippen LogP contribution in [0.1, 0.15) is 31.4 Å². The lowest BCUT2D eigenvalue weighted by Crippen LogP contribution is -2.61. The molecule has 2 aromatic rings. The van der Waals surface area contributed by atoms with Crippen LogP contribution in [0.4, 0.5) is 0 Å². The molecular formula is C29H41ClN6O6S. The predicted octanol–water partition coefficient (Wildman–Crippen LogP) is 0.146. The van der Waals surface area contributed by atoms with Crippen molar-refractivity contribution in [2.24, 2.45) is 11.5 Å². The lowest BCUT2D eigenvalue weighted by molar-refractivity contribution is -0.134. The van der Waals surface area contributed by atoms with Crippen molar-refractivity contribution in [2.45, 2.75) is 56.8 Å². The first-order valence-electron chi connectivity index (χ1n) is 13.4. The summed E-state index contributed by atoms with van der Waals surface area (Å²) in [5.41, 5.74) is 11.7. The van der Waals surface area contributed by atoms with Gasteiger partial charge in [0.2, 0.25) is 29.5 Å². The Morgan fingerprint density at radius 1 is 0.907 bits per heavy atom. The summed E-state index contributed by atoms with van der Waals surface area (Å²) in [4.78, 5) is 63.2. The van der Waals surface area contributed by atoms with Crippen LogP contribution < -0.4 is 32.7 Å². The van der Waals surface area contributed by atoms with Gasteiger partial charge in [0.25, 0.3) is 0 Å². The average Bonchev–Trinajstić information content (AvgIpc) is 2.95. The van der Waals surface area contributed by atoms with E-state index in [1.807, 2.05) is 12.3 Å². The summed E-state index contributed by atoms with van der Waals surface area (Å²) < 4.78 is 0. The number of hydrogen-bond acceptors (Lipinski definition) is 8. The second-order valence-corrected chi connectivity index (χ2v) is 11.1. The Morgan fingerprint density at radius 3 is 2.09 bits per heavy atom. The van der Waals surface area contributed by atoms with Crippen LogP contribution in [-0.4, -0.2) is 76.9 Å². The molecule has 2 rings (SSSR count). The number of nitrogens with two attached hydrogens (primary N) is 2. The summed E-state index contributed by atoms with van der Waals surface area (Å²) in [6, 6.07) is 12.3. The van der Waals surface area contributed by atoms with Gasteiger partial charge in [-0.05, 0) is 62.0 Å². The van der Waals surface area contributed by atoms with E-state index in [0.29, 0.717) is 12.2 Å². The lowest BCUT2D eigenvalue weighted by Gasteiger charge is -2.30. The molecule has 0 bridgehead atoms. The summed E-state index contributed by atoms with van der Waals surface area (Å²) in [7, 11) is 0. The van der Waals surface area contributed by atoms with Gasteiger partial charge >= 0.3 is 0 Å². The number of nitrogens with one attached hydrogen (secondary N) is 4. The predicted molar refractivity (Wildman–Crippen MR) is 168 cm³/mol. The minimum atomic E-state index is -1.31. The van der Waals surface area contributed by atoms with Crippen LogP contribution in [0, 0.1) is 0 Å². The van der Waals surface area contributed by atoms with Crippen LogP contribution in [0.25, 0.3) is 0 Å². The van der Waals surface area contributed by atoms with Crippen molar-refractivity contribution in [1.82, 2.24) is 21.3 Å². The number of hydrogen-bond donors (Lipinski definition) is 7. The number of phenolic OH excluding ortho intramolecular Hbond substituents is 1. The fourth-order valence-corrected chi connectivity index (χ4v) is 4.51. The molecule has 0 fully saturated rings. The molecule has 0 aliphatic rings. The second-order valence-electron chi connectivity index (χ2n) is 10.2. The van der Waals surface area contributed by atoms with Gasteiger partial charge in [-0.15, -0.1) is 12.4 Å². The number of carbonyl (C=O) groups is 5. The van der Waals surface area contributed by atoms with Crippen LogP contribution in [0.3, 0.4) is 0 Å². The van der Waals surface area contributed by atoms with E-state index in [9.17, 15) is 29.1 Å². The monoisotopic (exact) mass is 636 g/mol. The lowest BCUT2D eigenvalue weighted by atomic mass is 9.96. The molecule has 5 amide bonds. The van der Waals surface area contributed by atoms with Gasteiger partial charge in [0.15, 0.2) is 0 Å². The van der Waals surface area contributed by atoms with E-state index in [4.69, 9.17) is 11.5 Å². The van der Waals surface area contributed by atoms with E-state index in [2.05, 4.69) is 21.3 Å². The van der Waals surface area contributed by atoms with Crippen LogP contribution in [0.2, 0.25) is 0 Å². The number of phenols is 1. The van der Waals surface area contributed by atoms with Gasteiger partial charge in [0.1, 0.15) is 23.4 Å². The highest BCUT2D eigenvalue weighted by atomic mass is 35.5. The minimum absolute atomic E-state index is 0. The fraction of sp³-hybridized carbons (Fsp3) is 0.414. The SMILES string of the molecule is CSCC[C@](C)(NC(=O)[C@H](Cc1ccccc1)NC(=O)CNC(=O)[C@@H](C)NC(=O)[C@@H](N)Cc1ccc(O)cc1)C(N)=O.Cl. The third kappa shape index (κ3) is 12.5. The Labute approximate surface area is 261 Å². The first-order chi connectivity index (χ1) is 19.8. The van der Waals surface area contributed by atoms with Crippen LogP contribution >= 0.6 is 24.2 Å². The molecule has 0 aliphatic heterocycles. The highest BCUT2D eigenvalue weighted by Gasteiger charge is 2.35. The molecular weight excluding hydrogens is 596 g/mol. The maximum Gasteiger partial charge on any atom is 0.243 e. The minimum Gasteiger partial charge on any atom is -0.508 e. The van der Waals surface area contributed by atoms with Crippen molar-refractivity contribution in [3.05, 3.63) is 65.7 Å². The molecule has 0 unspecified atom stereocenters. The molecule has 4 atom stereocenters. The van der Waals surface area contributed by atoms with E-state index < -0.39 is 59.7 Å². The van der Waals surface area contributed by atoms with Crippen molar-refractivity contribution >= 4 is 53.7 Å². The maximum atomic E-state index is 13.2. The molecule has 0 aromatic heterocycles. The Morgan fingerprint density at radius 2 is 1.51 bits per heavy atom. The molecule has 0 aliphatic carbocycles. The zero-order chi connectivity index (χ0) is 31.3. The summed E-state index contributed by atoms with van der Waals surface area (Å²) in [6.45, 7) is 2.53. The Hall–Kier alpha value is -3.81. The van der Waals surface area contributed by atoms with E-state index >= 15 is 0 Å². The number of primary amides is 1. The summed E-state index contributed by atoms with van der Waals surface area (Å²) in [5.74, 6) is -2.45. The number of aromatic hydroxyl groups is 1. The first-order valence-corrected chi connectivity index (χ1v) is 14.8. The van der Waals surface area contributed by atoms with Gasteiger partial charge in [-0.25, -0.2) is 0 Å².